The molecule has 0 spiro atoms. The largest absolute Gasteiger partial charge is 0.493 e. The van der Waals surface area contributed by atoms with Crippen LogP contribution in [0.1, 0.15) is 35.7 Å². The van der Waals surface area contributed by atoms with E-state index in [0.29, 0.717) is 18.1 Å². The summed E-state index contributed by atoms with van der Waals surface area (Å²) in [6.07, 6.45) is 2.14. The molecule has 0 aromatic heterocycles. The number of carbonyl (C=O) groups excluding carboxylic acids is 1. The number of benzene rings is 2. The minimum atomic E-state index is -3.49. The molecule has 30 heavy (non-hydrogen) atoms. The van der Waals surface area contributed by atoms with Gasteiger partial charge in [0.25, 0.3) is 5.91 Å². The summed E-state index contributed by atoms with van der Waals surface area (Å²) in [7, 11) is -1.94. The molecule has 7 nitrogen and oxygen atoms in total. The van der Waals surface area contributed by atoms with E-state index in [9.17, 15) is 13.2 Å². The van der Waals surface area contributed by atoms with E-state index in [1.54, 1.807) is 38.3 Å². The Morgan fingerprint density at radius 3 is 2.70 bits per heavy atom. The molecule has 3 rings (SSSR count). The summed E-state index contributed by atoms with van der Waals surface area (Å²) in [6, 6.07) is 11.6. The number of sulfone groups is 1. The Bertz CT molecular complexity index is 983. The van der Waals surface area contributed by atoms with Gasteiger partial charge in [0, 0.05) is 13.2 Å². The van der Waals surface area contributed by atoms with Crippen LogP contribution in [0.2, 0.25) is 0 Å². The van der Waals surface area contributed by atoms with E-state index in [-0.39, 0.29) is 28.9 Å². The topological polar surface area (TPSA) is 90.9 Å². The summed E-state index contributed by atoms with van der Waals surface area (Å²) in [6.45, 7) is 3.02. The molecule has 2 aromatic carbocycles. The number of hydrogen-bond donors (Lipinski definition) is 1. The fraction of sp³-hybridized carbons (Fsp3) is 0.409. The molecule has 1 fully saturated rings. The summed E-state index contributed by atoms with van der Waals surface area (Å²) in [4.78, 5) is 12.7. The highest BCUT2D eigenvalue weighted by Crippen LogP contribution is 2.29. The average Bonchev–Trinajstić information content (AvgIpc) is 3.30. The molecule has 0 aliphatic carbocycles. The van der Waals surface area contributed by atoms with Crippen molar-refractivity contribution in [2.75, 3.05) is 26.1 Å². The van der Waals surface area contributed by atoms with Gasteiger partial charge < -0.3 is 19.5 Å². The van der Waals surface area contributed by atoms with E-state index in [0.717, 1.165) is 25.0 Å². The number of methoxy groups -OCH3 is 1. The molecule has 1 amide bonds. The van der Waals surface area contributed by atoms with Crippen LogP contribution < -0.4 is 14.8 Å². The van der Waals surface area contributed by atoms with E-state index in [4.69, 9.17) is 14.2 Å². The first kappa shape index (κ1) is 22.1. The lowest BCUT2D eigenvalue weighted by Crippen LogP contribution is -2.25. The van der Waals surface area contributed by atoms with Gasteiger partial charge in [0.05, 0.1) is 29.4 Å². The van der Waals surface area contributed by atoms with Crippen molar-refractivity contribution in [1.29, 1.82) is 0 Å². The van der Waals surface area contributed by atoms with Gasteiger partial charge in [-0.25, -0.2) is 8.42 Å². The van der Waals surface area contributed by atoms with Crippen molar-refractivity contribution in [3.05, 3.63) is 53.6 Å². The third kappa shape index (κ3) is 5.31. The second kappa shape index (κ2) is 9.95. The molecular formula is C22H27NO6S. The quantitative estimate of drug-likeness (QED) is 0.654. The molecule has 1 saturated heterocycles. The van der Waals surface area contributed by atoms with Crippen molar-refractivity contribution in [2.45, 2.75) is 37.3 Å². The van der Waals surface area contributed by atoms with Crippen LogP contribution in [0.15, 0.2) is 47.4 Å². The van der Waals surface area contributed by atoms with Gasteiger partial charge in [0.2, 0.25) is 0 Å². The van der Waals surface area contributed by atoms with E-state index >= 15 is 0 Å². The predicted molar refractivity (Wildman–Crippen MR) is 113 cm³/mol. The summed E-state index contributed by atoms with van der Waals surface area (Å²) < 4.78 is 41.3. The Hall–Kier alpha value is -2.58. The Kier molecular flexibility index (Phi) is 7.33. The first-order chi connectivity index (χ1) is 14.4. The maximum absolute atomic E-state index is 12.6. The maximum atomic E-state index is 12.6. The zero-order valence-corrected chi connectivity index (χ0v) is 18.0. The lowest BCUT2D eigenvalue weighted by Gasteiger charge is -2.15. The first-order valence-corrected chi connectivity index (χ1v) is 11.6. The Morgan fingerprint density at radius 2 is 2.00 bits per heavy atom. The molecule has 8 heteroatoms. The van der Waals surface area contributed by atoms with Crippen LogP contribution >= 0.6 is 0 Å². The molecule has 2 aromatic rings. The molecule has 1 aliphatic rings. The van der Waals surface area contributed by atoms with Crippen LogP contribution in [0.25, 0.3) is 0 Å². The number of ether oxygens (including phenoxy) is 3. The van der Waals surface area contributed by atoms with Crippen molar-refractivity contribution < 1.29 is 27.4 Å². The van der Waals surface area contributed by atoms with Gasteiger partial charge in [-0.2, -0.15) is 0 Å². The van der Waals surface area contributed by atoms with E-state index in [1.807, 2.05) is 6.07 Å². The predicted octanol–water partition coefficient (Wildman–Crippen LogP) is 2.98. The molecule has 162 valence electrons. The Morgan fingerprint density at radius 1 is 1.20 bits per heavy atom. The van der Waals surface area contributed by atoms with Crippen LogP contribution in [0.3, 0.4) is 0 Å². The van der Waals surface area contributed by atoms with Gasteiger partial charge in [-0.15, -0.1) is 0 Å². The Balaban J connectivity index is 1.66. The number of amides is 1. The third-order valence-corrected chi connectivity index (χ3v) is 6.76. The van der Waals surface area contributed by atoms with Crippen molar-refractivity contribution in [2.24, 2.45) is 0 Å². The highest BCUT2D eigenvalue weighted by molar-refractivity contribution is 7.91. The minimum Gasteiger partial charge on any atom is -0.493 e. The van der Waals surface area contributed by atoms with Gasteiger partial charge in [0.15, 0.2) is 21.3 Å². The van der Waals surface area contributed by atoms with Gasteiger partial charge in [-0.1, -0.05) is 25.1 Å². The van der Waals surface area contributed by atoms with Gasteiger partial charge in [0.1, 0.15) is 6.61 Å². The number of nitrogens with one attached hydrogen (secondary N) is 1. The van der Waals surface area contributed by atoms with Crippen molar-refractivity contribution in [3.8, 4) is 11.5 Å². The van der Waals surface area contributed by atoms with E-state index in [1.165, 1.54) is 12.1 Å². The van der Waals surface area contributed by atoms with Crippen LogP contribution in [0, 0.1) is 0 Å². The molecule has 1 aliphatic heterocycles. The fourth-order valence-electron chi connectivity index (χ4n) is 3.26. The number of carbonyl (C=O) groups is 1. The molecule has 1 heterocycles. The van der Waals surface area contributed by atoms with Crippen molar-refractivity contribution in [3.63, 3.8) is 0 Å². The van der Waals surface area contributed by atoms with Crippen molar-refractivity contribution in [1.82, 2.24) is 5.32 Å². The van der Waals surface area contributed by atoms with Crippen LogP contribution in [-0.4, -0.2) is 46.5 Å². The molecule has 0 bridgehead atoms. The van der Waals surface area contributed by atoms with Crippen LogP contribution in [-0.2, 0) is 21.1 Å². The molecular weight excluding hydrogens is 406 g/mol. The monoisotopic (exact) mass is 433 g/mol. The summed E-state index contributed by atoms with van der Waals surface area (Å²) in [5.74, 6) is 0.665. The molecule has 0 unspecified atom stereocenters. The van der Waals surface area contributed by atoms with Gasteiger partial charge >= 0.3 is 0 Å². The lowest BCUT2D eigenvalue weighted by molar-refractivity contribution is 0.0669. The fourth-order valence-corrected chi connectivity index (χ4v) is 4.35. The van der Waals surface area contributed by atoms with Crippen LogP contribution in [0.4, 0.5) is 0 Å². The Labute approximate surface area is 177 Å². The number of hydrogen-bond acceptors (Lipinski definition) is 6. The molecule has 1 atom stereocenters. The van der Waals surface area contributed by atoms with Gasteiger partial charge in [-0.05, 0) is 42.7 Å². The van der Waals surface area contributed by atoms with E-state index < -0.39 is 15.7 Å². The SMILES string of the molecule is CCS(=O)(=O)c1ccccc1C(=O)NCc1ccc(OC[C@@H]2CCCO2)c(OC)c1. The summed E-state index contributed by atoms with van der Waals surface area (Å²) in [5, 5.41) is 2.78. The van der Waals surface area contributed by atoms with Crippen LogP contribution in [0.5, 0.6) is 11.5 Å². The second-order valence-corrected chi connectivity index (χ2v) is 9.26. The number of rotatable bonds is 9. The highest BCUT2D eigenvalue weighted by Gasteiger charge is 2.21. The minimum absolute atomic E-state index is 0.0421. The summed E-state index contributed by atoms with van der Waals surface area (Å²) >= 11 is 0. The normalized spacial score (nSPS) is 16.3. The average molecular weight is 434 g/mol. The van der Waals surface area contributed by atoms with E-state index in [2.05, 4.69) is 5.32 Å². The summed E-state index contributed by atoms with van der Waals surface area (Å²) in [5.41, 5.74) is 0.948. The lowest BCUT2D eigenvalue weighted by atomic mass is 10.1. The highest BCUT2D eigenvalue weighted by atomic mass is 32.2. The molecule has 0 saturated carbocycles. The molecule has 1 N–H and O–H groups in total. The third-order valence-electron chi connectivity index (χ3n) is 4.98. The maximum Gasteiger partial charge on any atom is 0.252 e. The van der Waals surface area contributed by atoms with Crippen molar-refractivity contribution >= 4 is 15.7 Å². The first-order valence-electron chi connectivity index (χ1n) is 9.96. The second-order valence-electron chi connectivity index (χ2n) is 7.01. The standard InChI is InChI=1S/C22H27NO6S/c1-3-30(25,26)21-9-5-4-8-18(21)22(24)23-14-16-10-11-19(20(13-16)27-2)29-15-17-7-6-12-28-17/h4-5,8-11,13,17H,3,6-7,12,14-15H2,1-2H3,(H,23,24)/t17-/m0/s1. The zero-order valence-electron chi connectivity index (χ0n) is 17.2. The smallest absolute Gasteiger partial charge is 0.252 e. The zero-order chi connectivity index (χ0) is 21.6. The molecule has 0 radical (unpaired) electrons. The van der Waals surface area contributed by atoms with Gasteiger partial charge in [-0.3, -0.25) is 4.79 Å².